The van der Waals surface area contributed by atoms with Gasteiger partial charge in [0.2, 0.25) is 10.0 Å². The Morgan fingerprint density at radius 1 is 1.00 bits per heavy atom. The maximum atomic E-state index is 13.1. The van der Waals surface area contributed by atoms with E-state index in [1.54, 1.807) is 11.0 Å². The zero-order valence-electron chi connectivity index (χ0n) is 24.7. The number of carboxylic acid groups (broad SMARTS) is 1. The summed E-state index contributed by atoms with van der Waals surface area (Å²) in [5, 5.41) is 9.70. The summed E-state index contributed by atoms with van der Waals surface area (Å²) in [6, 6.07) is 12.1. The predicted octanol–water partition coefficient (Wildman–Crippen LogP) is 5.42. The van der Waals surface area contributed by atoms with Crippen molar-refractivity contribution < 1.29 is 36.2 Å². The number of halogens is 3. The summed E-state index contributed by atoms with van der Waals surface area (Å²) in [5.74, 6) is -1.59. The number of hydrogen-bond acceptors (Lipinski definition) is 8. The molecule has 240 valence electrons. The first-order chi connectivity index (χ1) is 21.1. The smallest absolute Gasteiger partial charge is 0.573 e. The van der Waals surface area contributed by atoms with E-state index in [-0.39, 0.29) is 29.9 Å². The van der Waals surface area contributed by atoms with Crippen molar-refractivity contribution in [3.8, 4) is 5.75 Å². The molecular weight excluding hydrogens is 613 g/mol. The second kappa shape index (κ2) is 13.3. The van der Waals surface area contributed by atoms with E-state index in [1.165, 1.54) is 24.2 Å². The molecule has 45 heavy (non-hydrogen) atoms. The number of carbonyl (C=O) groups is 1. The third-order valence-corrected chi connectivity index (χ3v) is 8.88. The highest BCUT2D eigenvalue weighted by Gasteiger charge is 2.41. The molecule has 2 aromatic heterocycles. The molecule has 3 heterocycles. The Kier molecular flexibility index (Phi) is 9.95. The molecule has 0 aliphatic carbocycles. The van der Waals surface area contributed by atoms with Crippen molar-refractivity contribution in [1.29, 1.82) is 0 Å². The number of anilines is 1. The first-order valence-electron chi connectivity index (χ1n) is 13.7. The molecule has 0 spiro atoms. The van der Waals surface area contributed by atoms with Gasteiger partial charge >= 0.3 is 12.3 Å². The van der Waals surface area contributed by atoms with Crippen LogP contribution >= 0.6 is 0 Å². The Morgan fingerprint density at radius 2 is 1.67 bits per heavy atom. The number of pyridine rings is 1. The van der Waals surface area contributed by atoms with Crippen LogP contribution < -0.4 is 9.64 Å². The van der Waals surface area contributed by atoms with Gasteiger partial charge in [0.05, 0.1) is 22.8 Å². The fourth-order valence-electron chi connectivity index (χ4n) is 4.54. The van der Waals surface area contributed by atoms with Gasteiger partial charge in [0.25, 0.3) is 0 Å². The van der Waals surface area contributed by atoms with Gasteiger partial charge in [-0.25, -0.2) is 18.4 Å². The summed E-state index contributed by atoms with van der Waals surface area (Å²) in [5.41, 5.74) is 10.9. The zero-order chi connectivity index (χ0) is 33.0. The van der Waals surface area contributed by atoms with Crippen LogP contribution in [0, 0.1) is 0 Å². The molecule has 4 aromatic rings. The number of aromatic nitrogens is 3. The van der Waals surface area contributed by atoms with Crippen LogP contribution in [0.5, 0.6) is 5.75 Å². The third kappa shape index (κ3) is 8.44. The predicted molar refractivity (Wildman–Crippen MR) is 161 cm³/mol. The molecule has 2 N–H and O–H groups in total. The normalized spacial score (nSPS) is 16.2. The first-order valence-corrected chi connectivity index (χ1v) is 15.2. The number of sulfonamides is 1. The fourth-order valence-corrected chi connectivity index (χ4v) is 6.10. The maximum absolute atomic E-state index is 13.1. The molecule has 0 radical (unpaired) electrons. The van der Waals surface area contributed by atoms with Crippen LogP contribution in [0.1, 0.15) is 31.9 Å². The van der Waals surface area contributed by atoms with E-state index in [0.717, 1.165) is 34.1 Å². The number of benzene rings is 2. The Bertz CT molecular complexity index is 1730. The Balaban J connectivity index is 0.000000323. The van der Waals surface area contributed by atoms with Gasteiger partial charge in [-0.2, -0.15) is 4.31 Å². The second-order valence-electron chi connectivity index (χ2n) is 11.2. The summed E-state index contributed by atoms with van der Waals surface area (Å²) in [4.78, 5) is 25.8. The molecule has 1 saturated heterocycles. The number of aliphatic carboxylic acids is 1. The van der Waals surface area contributed by atoms with Gasteiger partial charge in [-0.15, -0.1) is 19.7 Å². The van der Waals surface area contributed by atoms with Crippen molar-refractivity contribution >= 4 is 32.8 Å². The van der Waals surface area contributed by atoms with Crippen LogP contribution in [0.4, 0.5) is 19.0 Å². The van der Waals surface area contributed by atoms with E-state index in [1.807, 2.05) is 12.1 Å². The molecule has 0 amide bonds. The summed E-state index contributed by atoms with van der Waals surface area (Å²) in [6.45, 7) is 6.72. The van der Waals surface area contributed by atoms with Gasteiger partial charge in [0, 0.05) is 25.8 Å². The summed E-state index contributed by atoms with van der Waals surface area (Å²) < 4.78 is 67.7. The number of piperazine rings is 1. The number of alkyl halides is 3. The van der Waals surface area contributed by atoms with Crippen LogP contribution in [0.3, 0.4) is 0 Å². The van der Waals surface area contributed by atoms with Crippen molar-refractivity contribution in [2.45, 2.75) is 50.0 Å². The summed E-state index contributed by atoms with van der Waals surface area (Å²) in [6.07, 6.45) is -0.405. The number of nitrogens with zero attached hydrogens (tertiary/aromatic N) is 5. The first kappa shape index (κ1) is 33.6. The van der Waals surface area contributed by atoms with E-state index in [4.69, 9.17) is 5.73 Å². The topological polar surface area (TPSA) is 150 Å². The summed E-state index contributed by atoms with van der Waals surface area (Å²) >= 11 is 0. The minimum absolute atomic E-state index is 0.129. The Morgan fingerprint density at radius 3 is 2.24 bits per heavy atom. The van der Waals surface area contributed by atoms with Crippen LogP contribution in [-0.2, 0) is 26.8 Å². The molecule has 5 rings (SSSR count). The van der Waals surface area contributed by atoms with Gasteiger partial charge in [-0.3, -0.25) is 9.78 Å². The van der Waals surface area contributed by atoms with E-state index in [2.05, 4.69) is 52.6 Å². The lowest BCUT2D eigenvalue weighted by Gasteiger charge is -2.38. The van der Waals surface area contributed by atoms with Crippen molar-refractivity contribution in [1.82, 2.24) is 19.3 Å². The molecule has 0 bridgehead atoms. The fraction of sp³-hybridized carbons (Fsp3) is 0.333. The SMILES string of the molecule is CC(C)(C)c1ccc(C[NH-])cc1.O=C(O)[C@H]1CN(c2cnc3cnccc3n2)CCN1S(=O)(=O)c1ccc(OC(F)(F)F)cc1. The van der Waals surface area contributed by atoms with E-state index in [9.17, 15) is 31.5 Å². The average Bonchev–Trinajstić information content (AvgIpc) is 3.00. The van der Waals surface area contributed by atoms with Gasteiger partial charge in [0.1, 0.15) is 23.1 Å². The number of nitrogens with one attached hydrogen (secondary N) is 1. The van der Waals surface area contributed by atoms with Crippen LogP contribution in [0.25, 0.3) is 16.8 Å². The van der Waals surface area contributed by atoms with Gasteiger partial charge in [-0.1, -0.05) is 50.6 Å². The monoisotopic (exact) mass is 645 g/mol. The van der Waals surface area contributed by atoms with Crippen LogP contribution in [0.15, 0.2) is 78.1 Å². The number of fused-ring (bicyclic) bond motifs is 1. The molecule has 1 aliphatic heterocycles. The lowest BCUT2D eigenvalue weighted by Crippen LogP contribution is -2.58. The molecular formula is C30H32F3N6O5S-. The van der Waals surface area contributed by atoms with E-state index >= 15 is 0 Å². The number of hydrogen-bond donors (Lipinski definition) is 1. The van der Waals surface area contributed by atoms with Crippen LogP contribution in [-0.4, -0.2) is 70.8 Å². The highest BCUT2D eigenvalue weighted by molar-refractivity contribution is 7.89. The standard InChI is InChI=1S/C19H16F3N5O5S.C11H16N/c20-19(21,22)32-12-1-3-13(4-2-12)33(30,31)27-8-7-26(11-16(27)18(28)29)17-10-24-15-9-23-6-5-14(15)25-17;1-11(2,3)10-6-4-9(8-12)5-7-10/h1-6,9-10,16H,7-8,11H2,(H,28,29);4-7,12H,8H2,1-3H3/q;-1/t16-;/m1./s1. The number of ether oxygens (including phenoxy) is 1. The van der Waals surface area contributed by atoms with Crippen molar-refractivity contribution in [2.75, 3.05) is 24.5 Å². The maximum Gasteiger partial charge on any atom is 0.573 e. The largest absolute Gasteiger partial charge is 0.674 e. The molecule has 11 nitrogen and oxygen atoms in total. The molecule has 0 unspecified atom stereocenters. The van der Waals surface area contributed by atoms with Crippen LogP contribution in [0.2, 0.25) is 0 Å². The van der Waals surface area contributed by atoms with E-state index in [0.29, 0.717) is 23.4 Å². The Hall–Kier alpha value is -4.34. The van der Waals surface area contributed by atoms with Crippen molar-refractivity contribution in [2.24, 2.45) is 0 Å². The van der Waals surface area contributed by atoms with E-state index < -0.39 is 34.1 Å². The number of rotatable bonds is 6. The van der Waals surface area contributed by atoms with Gasteiger partial charge < -0.3 is 20.5 Å². The molecule has 1 fully saturated rings. The second-order valence-corrected chi connectivity index (χ2v) is 13.0. The quantitative estimate of drug-likeness (QED) is 0.290. The minimum atomic E-state index is -4.92. The molecule has 1 aliphatic rings. The number of carboxylic acids is 1. The minimum Gasteiger partial charge on any atom is -0.674 e. The average molecular weight is 646 g/mol. The Labute approximate surface area is 258 Å². The highest BCUT2D eigenvalue weighted by Crippen LogP contribution is 2.28. The lowest BCUT2D eigenvalue weighted by atomic mass is 9.87. The third-order valence-electron chi connectivity index (χ3n) is 6.96. The van der Waals surface area contributed by atoms with Crippen molar-refractivity contribution in [3.05, 3.63) is 90.0 Å². The molecule has 15 heteroatoms. The lowest BCUT2D eigenvalue weighted by molar-refractivity contribution is -0.274. The van der Waals surface area contributed by atoms with Crippen molar-refractivity contribution in [3.63, 3.8) is 0 Å². The molecule has 2 aromatic carbocycles. The highest BCUT2D eigenvalue weighted by atomic mass is 32.2. The molecule has 1 atom stereocenters. The van der Waals surface area contributed by atoms with Gasteiger partial charge in [0.15, 0.2) is 0 Å². The zero-order valence-corrected chi connectivity index (χ0v) is 25.5. The summed E-state index contributed by atoms with van der Waals surface area (Å²) in [7, 11) is -4.31. The molecule has 0 saturated carbocycles. The van der Waals surface area contributed by atoms with Gasteiger partial charge in [-0.05, 0) is 41.3 Å².